The third-order valence-electron chi connectivity index (χ3n) is 14.0. The average molecular weight is 827 g/mol. The van der Waals surface area contributed by atoms with Gasteiger partial charge in [0.05, 0.1) is 6.10 Å². The summed E-state index contributed by atoms with van der Waals surface area (Å²) in [5.41, 5.74) is -2.78. The second-order valence-electron chi connectivity index (χ2n) is 18.2. The molecule has 0 spiro atoms. The number of nitrogens with zero attached hydrogens (tertiary/aromatic N) is 1. The van der Waals surface area contributed by atoms with Crippen LogP contribution in [0.1, 0.15) is 107 Å². The van der Waals surface area contributed by atoms with Crippen LogP contribution in [0.25, 0.3) is 0 Å². The van der Waals surface area contributed by atoms with Crippen LogP contribution in [0.4, 0.5) is 0 Å². The van der Waals surface area contributed by atoms with Crippen molar-refractivity contribution in [2.75, 3.05) is 6.54 Å². The molecule has 5 rings (SSSR count). The van der Waals surface area contributed by atoms with Crippen LogP contribution in [-0.2, 0) is 47.8 Å². The Morgan fingerprint density at radius 3 is 2.31 bits per heavy atom. The molecule has 0 radical (unpaired) electrons. The van der Waals surface area contributed by atoms with E-state index in [1.165, 1.54) is 31.7 Å². The molecule has 13 atom stereocenters. The molecule has 1 heterocycles. The molecule has 5 N–H and O–H groups in total. The number of nitrogens with one attached hydrogen (secondary N) is 3. The van der Waals surface area contributed by atoms with Crippen molar-refractivity contribution in [1.82, 2.24) is 20.9 Å². The minimum absolute atomic E-state index is 0.00741. The first kappa shape index (κ1) is 45.6. The lowest BCUT2D eigenvalue weighted by Crippen LogP contribution is -2.64. The zero-order valence-corrected chi connectivity index (χ0v) is 35.7. The zero-order chi connectivity index (χ0) is 43.9. The summed E-state index contributed by atoms with van der Waals surface area (Å²) in [4.78, 5) is 106. The Kier molecular flexibility index (Phi) is 13.4. The third-order valence-corrected chi connectivity index (χ3v) is 14.0. The van der Waals surface area contributed by atoms with Gasteiger partial charge in [0, 0.05) is 36.6 Å². The number of fused-ring (bicyclic) bond motifs is 5. The number of allylic oxidation sites excluding steroid dienone is 4. The molecular weight excluding hydrogens is 764 g/mol. The summed E-state index contributed by atoms with van der Waals surface area (Å²) >= 11 is 0. The van der Waals surface area contributed by atoms with E-state index in [1.807, 2.05) is 19.9 Å². The highest BCUT2D eigenvalue weighted by molar-refractivity contribution is 6.01. The van der Waals surface area contributed by atoms with Gasteiger partial charge in [0.25, 0.3) is 6.29 Å². The molecule has 16 heteroatoms. The summed E-state index contributed by atoms with van der Waals surface area (Å²) < 4.78 is 11.5. The Balaban J connectivity index is 1.32. The number of Topliss-reactive ketones (excluding diaryl/α,β-unsaturated/α-hetero) is 1. The third kappa shape index (κ3) is 8.35. The van der Waals surface area contributed by atoms with Gasteiger partial charge in [-0.05, 0) is 88.2 Å². The van der Waals surface area contributed by atoms with Crippen molar-refractivity contribution in [2.24, 2.45) is 40.4 Å². The van der Waals surface area contributed by atoms with Gasteiger partial charge in [-0.15, -0.1) is 0 Å². The van der Waals surface area contributed by atoms with Crippen LogP contribution in [0.15, 0.2) is 23.8 Å². The molecule has 326 valence electrons. The van der Waals surface area contributed by atoms with Crippen molar-refractivity contribution < 1.29 is 58.0 Å². The fourth-order valence-corrected chi connectivity index (χ4v) is 11.1. The Hall–Kier alpha value is -4.44. The first-order valence-electron chi connectivity index (χ1n) is 21.0. The molecule has 4 fully saturated rings. The first-order valence-corrected chi connectivity index (χ1v) is 21.0. The number of carbonyl (C=O) groups excluding carboxylic acids is 8. The van der Waals surface area contributed by atoms with Gasteiger partial charge in [-0.2, -0.15) is 0 Å². The predicted molar refractivity (Wildman–Crippen MR) is 211 cm³/mol. The van der Waals surface area contributed by atoms with Gasteiger partial charge in [0.1, 0.15) is 24.2 Å². The smallest absolute Gasteiger partial charge is 0.331 e. The summed E-state index contributed by atoms with van der Waals surface area (Å²) in [5.74, 6) is -6.44. The van der Waals surface area contributed by atoms with Crippen molar-refractivity contribution in [3.05, 3.63) is 23.8 Å². The maximum atomic E-state index is 14.6. The Morgan fingerprint density at radius 1 is 1.00 bits per heavy atom. The van der Waals surface area contributed by atoms with Gasteiger partial charge in [-0.3, -0.25) is 33.6 Å². The standard InChI is InChI=1S/C43H62N4O12/c1-10-32(51)59-43(16-14-28-27-18-22(4)29-19-26(49)13-15-41(29,8)33(27)31(50)20-42(28,43)9)35(52)40(57)58-39(56)34(21(2)3)46-37(54)30-12-11-17-47(30)38(55)24(6)45-36(53)23(5)44-25(7)48/h13,15,19,21-24,27-28,30-31,33-34,40,50,57H,10-12,14,16-18,20H2,1-9H3,(H,44,48)(H,45,53)(H,46,54)/t22-,23-,24-,27-,28-,30-,31-,33+,34-,40?,41-,42-,43-/m0/s1. The molecule has 1 saturated heterocycles. The number of ether oxygens (including phenoxy) is 2. The lowest BCUT2D eigenvalue weighted by atomic mass is 9.44. The maximum Gasteiger partial charge on any atom is 0.331 e. The molecule has 0 aromatic rings. The second-order valence-corrected chi connectivity index (χ2v) is 18.2. The van der Waals surface area contributed by atoms with E-state index in [2.05, 4.69) is 16.0 Å². The molecule has 0 bridgehead atoms. The van der Waals surface area contributed by atoms with Gasteiger partial charge in [-0.25, -0.2) is 4.79 Å². The molecule has 16 nitrogen and oxygen atoms in total. The number of aliphatic hydroxyl groups is 2. The van der Waals surface area contributed by atoms with Crippen molar-refractivity contribution >= 4 is 47.1 Å². The summed E-state index contributed by atoms with van der Waals surface area (Å²) in [6.07, 6.45) is 3.48. The van der Waals surface area contributed by atoms with Crippen molar-refractivity contribution in [1.29, 1.82) is 0 Å². The molecular formula is C43H62N4O12. The van der Waals surface area contributed by atoms with E-state index in [0.29, 0.717) is 19.3 Å². The van der Waals surface area contributed by atoms with Crippen molar-refractivity contribution in [2.45, 2.75) is 149 Å². The molecule has 4 aliphatic carbocycles. The Bertz CT molecular complexity index is 1810. The van der Waals surface area contributed by atoms with E-state index in [0.717, 1.165) is 5.57 Å². The lowest BCUT2D eigenvalue weighted by molar-refractivity contribution is -0.215. The molecule has 4 amide bonds. The summed E-state index contributed by atoms with van der Waals surface area (Å²) in [7, 11) is 0. The molecule has 0 aromatic heterocycles. The fourth-order valence-electron chi connectivity index (χ4n) is 11.1. The summed E-state index contributed by atoms with van der Waals surface area (Å²) in [6.45, 7) is 15.1. The van der Waals surface area contributed by atoms with Crippen molar-refractivity contribution in [3.8, 4) is 0 Å². The minimum atomic E-state index is -2.39. The molecule has 1 unspecified atom stereocenters. The molecule has 59 heavy (non-hydrogen) atoms. The number of aliphatic hydroxyl groups excluding tert-OH is 2. The van der Waals surface area contributed by atoms with Crippen LogP contribution < -0.4 is 16.0 Å². The molecule has 1 aliphatic heterocycles. The quantitative estimate of drug-likeness (QED) is 0.132. The van der Waals surface area contributed by atoms with E-state index < -0.39 is 100 Å². The number of rotatable bonds is 13. The topological polar surface area (TPSA) is 235 Å². The van der Waals surface area contributed by atoms with Gasteiger partial charge >= 0.3 is 11.9 Å². The van der Waals surface area contributed by atoms with Crippen LogP contribution in [0.5, 0.6) is 0 Å². The van der Waals surface area contributed by atoms with Crippen LogP contribution in [0, 0.1) is 40.4 Å². The van der Waals surface area contributed by atoms with Gasteiger partial charge in [0.15, 0.2) is 11.4 Å². The van der Waals surface area contributed by atoms with Crippen LogP contribution in [0.3, 0.4) is 0 Å². The number of likely N-dealkylation sites (tertiary alicyclic amines) is 1. The maximum absolute atomic E-state index is 14.6. The highest BCUT2D eigenvalue weighted by Crippen LogP contribution is 2.68. The summed E-state index contributed by atoms with van der Waals surface area (Å²) in [5, 5.41) is 31.1. The van der Waals surface area contributed by atoms with Gasteiger partial charge in [0.2, 0.25) is 29.4 Å². The first-order chi connectivity index (χ1) is 27.5. The molecule has 5 aliphatic rings. The van der Waals surface area contributed by atoms with Crippen LogP contribution in [-0.4, -0.2) is 111 Å². The fraction of sp³-hybridized carbons (Fsp3) is 0.721. The highest BCUT2D eigenvalue weighted by Gasteiger charge is 2.72. The number of carbonyl (C=O) groups is 8. The Labute approximate surface area is 345 Å². The van der Waals surface area contributed by atoms with Gasteiger partial charge in [-0.1, -0.05) is 53.2 Å². The number of hydrogen-bond acceptors (Lipinski definition) is 12. The zero-order valence-electron chi connectivity index (χ0n) is 35.7. The van der Waals surface area contributed by atoms with Crippen LogP contribution in [0.2, 0.25) is 0 Å². The number of amides is 4. The van der Waals surface area contributed by atoms with E-state index in [4.69, 9.17) is 9.47 Å². The van der Waals surface area contributed by atoms with E-state index in [-0.39, 0.29) is 61.7 Å². The van der Waals surface area contributed by atoms with E-state index in [1.54, 1.807) is 33.8 Å². The van der Waals surface area contributed by atoms with Crippen molar-refractivity contribution in [3.63, 3.8) is 0 Å². The predicted octanol–water partition coefficient (Wildman–Crippen LogP) is 1.79. The Morgan fingerprint density at radius 2 is 1.68 bits per heavy atom. The van der Waals surface area contributed by atoms with Crippen LogP contribution >= 0.6 is 0 Å². The highest BCUT2D eigenvalue weighted by atomic mass is 16.6. The largest absolute Gasteiger partial charge is 0.450 e. The SMILES string of the molecule is CCC(=O)O[C@]1(C(=O)C(O)OC(=O)[C@@H](NC(=O)[C@@H]2CCCN2C(=O)[C@H](C)NC(=O)[C@H](C)NC(C)=O)C(C)C)CC[C@H]2[C@@H]3C[C@H](C)C4=CC(=O)C=C[C@]4(C)[C@H]3[C@@H](O)C[C@@]21C. The minimum Gasteiger partial charge on any atom is -0.450 e. The molecule has 0 aromatic carbocycles. The van der Waals surface area contributed by atoms with E-state index >= 15 is 0 Å². The lowest BCUT2D eigenvalue weighted by Gasteiger charge is -2.61. The van der Waals surface area contributed by atoms with E-state index in [9.17, 15) is 48.6 Å². The normalized spacial score (nSPS) is 34.2. The second kappa shape index (κ2) is 17.3. The number of esters is 2. The number of ketones is 2. The monoisotopic (exact) mass is 826 g/mol. The average Bonchev–Trinajstić information content (AvgIpc) is 3.76. The molecule has 3 saturated carbocycles. The van der Waals surface area contributed by atoms with Gasteiger partial charge < -0.3 is 40.5 Å². The number of hydrogen-bond donors (Lipinski definition) is 5. The summed E-state index contributed by atoms with van der Waals surface area (Å²) in [6, 6.07) is -4.29.